The molecule has 6 nitrogen and oxygen atoms in total. The molecular formula is C16H17BrN2O4S. The molecule has 24 heavy (non-hydrogen) atoms. The summed E-state index contributed by atoms with van der Waals surface area (Å²) in [4.78, 5) is 12.1. The van der Waals surface area contributed by atoms with E-state index in [4.69, 9.17) is 5.14 Å². The molecule has 0 bridgehead atoms. The SMILES string of the molecule is NS(=O)(=O)c1ccc(Br)c(C(=O)NCCCc2ccc(O)cc2)c1. The highest BCUT2D eigenvalue weighted by Crippen LogP contribution is 2.20. The number of rotatable bonds is 6. The van der Waals surface area contributed by atoms with Crippen LogP contribution in [0.15, 0.2) is 51.8 Å². The molecule has 8 heteroatoms. The molecule has 0 fully saturated rings. The minimum absolute atomic E-state index is 0.111. The maximum atomic E-state index is 12.2. The van der Waals surface area contributed by atoms with Crippen molar-refractivity contribution in [2.75, 3.05) is 6.54 Å². The first kappa shape index (κ1) is 18.4. The Balaban J connectivity index is 1.94. The lowest BCUT2D eigenvalue weighted by molar-refractivity contribution is 0.0952. The highest BCUT2D eigenvalue weighted by Gasteiger charge is 2.15. The van der Waals surface area contributed by atoms with E-state index >= 15 is 0 Å². The van der Waals surface area contributed by atoms with Crippen molar-refractivity contribution in [1.29, 1.82) is 0 Å². The Morgan fingerprint density at radius 3 is 2.46 bits per heavy atom. The van der Waals surface area contributed by atoms with E-state index in [0.29, 0.717) is 17.4 Å². The van der Waals surface area contributed by atoms with Gasteiger partial charge in [-0.2, -0.15) is 0 Å². The summed E-state index contributed by atoms with van der Waals surface area (Å²) >= 11 is 3.23. The number of amides is 1. The Morgan fingerprint density at radius 1 is 1.17 bits per heavy atom. The normalized spacial score (nSPS) is 11.2. The average Bonchev–Trinajstić information content (AvgIpc) is 2.52. The first-order valence-corrected chi connectivity index (χ1v) is 9.50. The van der Waals surface area contributed by atoms with E-state index in [-0.39, 0.29) is 22.1 Å². The van der Waals surface area contributed by atoms with E-state index in [9.17, 15) is 18.3 Å². The number of benzene rings is 2. The van der Waals surface area contributed by atoms with Gasteiger partial charge in [0.25, 0.3) is 5.91 Å². The lowest BCUT2D eigenvalue weighted by Crippen LogP contribution is -2.25. The molecule has 0 radical (unpaired) electrons. The molecule has 2 aromatic rings. The number of hydrogen-bond acceptors (Lipinski definition) is 4. The van der Waals surface area contributed by atoms with Gasteiger partial charge in [-0.1, -0.05) is 12.1 Å². The summed E-state index contributed by atoms with van der Waals surface area (Å²) in [5.74, 6) is -0.162. The number of sulfonamides is 1. The molecule has 0 aliphatic heterocycles. The monoisotopic (exact) mass is 412 g/mol. The van der Waals surface area contributed by atoms with Crippen molar-refractivity contribution < 1.29 is 18.3 Å². The second kappa shape index (κ2) is 7.78. The first-order chi connectivity index (χ1) is 11.3. The molecule has 0 aliphatic rings. The molecule has 4 N–H and O–H groups in total. The minimum Gasteiger partial charge on any atom is -0.508 e. The molecule has 0 saturated carbocycles. The van der Waals surface area contributed by atoms with Crippen molar-refractivity contribution >= 4 is 31.9 Å². The number of nitrogens with one attached hydrogen (secondary N) is 1. The van der Waals surface area contributed by atoms with Gasteiger partial charge in [0.1, 0.15) is 5.75 Å². The number of primary sulfonamides is 1. The van der Waals surface area contributed by atoms with Crippen LogP contribution in [0.4, 0.5) is 0 Å². The molecule has 0 saturated heterocycles. The zero-order valence-corrected chi connectivity index (χ0v) is 15.1. The van der Waals surface area contributed by atoms with Crippen molar-refractivity contribution in [1.82, 2.24) is 5.32 Å². The molecule has 128 valence electrons. The molecule has 1 amide bonds. The number of carbonyl (C=O) groups excluding carboxylic acids is 1. The number of hydrogen-bond donors (Lipinski definition) is 3. The molecular weight excluding hydrogens is 396 g/mol. The van der Waals surface area contributed by atoms with Gasteiger partial charge in [-0.15, -0.1) is 0 Å². The summed E-state index contributed by atoms with van der Waals surface area (Å²) in [6.07, 6.45) is 1.46. The fourth-order valence-electron chi connectivity index (χ4n) is 2.11. The fraction of sp³-hybridized carbons (Fsp3) is 0.188. The zero-order valence-electron chi connectivity index (χ0n) is 12.7. The van der Waals surface area contributed by atoms with Crippen molar-refractivity contribution in [3.63, 3.8) is 0 Å². The molecule has 0 aliphatic carbocycles. The quantitative estimate of drug-likeness (QED) is 0.631. The molecule has 2 aromatic carbocycles. The number of aromatic hydroxyl groups is 1. The number of nitrogens with two attached hydrogens (primary N) is 1. The minimum atomic E-state index is -3.86. The van der Waals surface area contributed by atoms with Gasteiger partial charge < -0.3 is 10.4 Å². The van der Waals surface area contributed by atoms with Gasteiger partial charge in [-0.05, 0) is 64.7 Å². The van der Waals surface area contributed by atoms with Crippen LogP contribution < -0.4 is 10.5 Å². The summed E-state index contributed by atoms with van der Waals surface area (Å²) in [6, 6.07) is 10.9. The van der Waals surface area contributed by atoms with Gasteiger partial charge in [0.15, 0.2) is 0 Å². The van der Waals surface area contributed by atoms with Gasteiger partial charge in [0, 0.05) is 11.0 Å². The third-order valence-corrected chi connectivity index (χ3v) is 4.98. The van der Waals surface area contributed by atoms with Crippen molar-refractivity contribution in [2.45, 2.75) is 17.7 Å². The smallest absolute Gasteiger partial charge is 0.252 e. The standard InChI is InChI=1S/C16H17BrN2O4S/c17-15-8-7-13(24(18,22)23)10-14(15)16(21)19-9-1-2-11-3-5-12(20)6-4-11/h3-8,10,20H,1-2,9H2,(H,19,21)(H2,18,22,23). The predicted molar refractivity (Wildman–Crippen MR) is 94.3 cm³/mol. The Hall–Kier alpha value is -1.90. The van der Waals surface area contributed by atoms with Crippen LogP contribution in [0.1, 0.15) is 22.3 Å². The maximum Gasteiger partial charge on any atom is 0.252 e. The van der Waals surface area contributed by atoms with Crippen LogP contribution in [-0.4, -0.2) is 26.0 Å². The molecule has 0 heterocycles. The van der Waals surface area contributed by atoms with E-state index in [1.54, 1.807) is 12.1 Å². The summed E-state index contributed by atoms with van der Waals surface area (Å²) in [7, 11) is -3.86. The lowest BCUT2D eigenvalue weighted by atomic mass is 10.1. The van der Waals surface area contributed by atoms with Gasteiger partial charge >= 0.3 is 0 Å². The third-order valence-electron chi connectivity index (χ3n) is 3.38. The number of phenolic OH excluding ortho intramolecular Hbond substituents is 1. The highest BCUT2D eigenvalue weighted by atomic mass is 79.9. The summed E-state index contributed by atoms with van der Waals surface area (Å²) in [6.45, 7) is 0.436. The summed E-state index contributed by atoms with van der Waals surface area (Å²) in [5.41, 5.74) is 1.27. The Bertz CT molecular complexity index is 836. The number of carbonyl (C=O) groups is 1. The van der Waals surface area contributed by atoms with Crippen molar-refractivity contribution in [3.05, 3.63) is 58.1 Å². The molecule has 0 spiro atoms. The molecule has 0 atom stereocenters. The van der Waals surface area contributed by atoms with Crippen LogP contribution in [0.3, 0.4) is 0 Å². The van der Waals surface area contributed by atoms with Gasteiger partial charge in [0.2, 0.25) is 10.0 Å². The van der Waals surface area contributed by atoms with E-state index in [0.717, 1.165) is 12.0 Å². The molecule has 0 unspecified atom stereocenters. The third kappa shape index (κ3) is 5.05. The number of aryl methyl sites for hydroxylation is 1. The van der Waals surface area contributed by atoms with Crippen LogP contribution in [0, 0.1) is 0 Å². The number of phenols is 1. The predicted octanol–water partition coefficient (Wildman–Crippen LogP) is 2.16. The van der Waals surface area contributed by atoms with Gasteiger partial charge in [-0.3, -0.25) is 4.79 Å². The van der Waals surface area contributed by atoms with Crippen LogP contribution in [0.25, 0.3) is 0 Å². The number of halogens is 1. The van der Waals surface area contributed by atoms with Crippen LogP contribution >= 0.6 is 15.9 Å². The van der Waals surface area contributed by atoms with Gasteiger partial charge in [0.05, 0.1) is 10.5 Å². The van der Waals surface area contributed by atoms with E-state index < -0.39 is 10.0 Å². The van der Waals surface area contributed by atoms with E-state index in [1.165, 1.54) is 18.2 Å². The second-order valence-electron chi connectivity index (χ2n) is 5.21. The Kier molecular flexibility index (Phi) is 5.98. The topological polar surface area (TPSA) is 109 Å². The fourth-order valence-corrected chi connectivity index (χ4v) is 3.07. The largest absolute Gasteiger partial charge is 0.508 e. The van der Waals surface area contributed by atoms with Crippen molar-refractivity contribution in [3.8, 4) is 5.75 Å². The zero-order chi connectivity index (χ0) is 17.7. The maximum absolute atomic E-state index is 12.2. The molecule has 0 aromatic heterocycles. The van der Waals surface area contributed by atoms with E-state index in [1.807, 2.05) is 12.1 Å². The first-order valence-electron chi connectivity index (χ1n) is 7.16. The van der Waals surface area contributed by atoms with Crippen LogP contribution in [0.2, 0.25) is 0 Å². The Morgan fingerprint density at radius 2 is 1.83 bits per heavy atom. The van der Waals surface area contributed by atoms with Crippen LogP contribution in [-0.2, 0) is 16.4 Å². The average molecular weight is 413 g/mol. The van der Waals surface area contributed by atoms with Crippen molar-refractivity contribution in [2.24, 2.45) is 5.14 Å². The molecule has 2 rings (SSSR count). The van der Waals surface area contributed by atoms with Crippen LogP contribution in [0.5, 0.6) is 5.75 Å². The summed E-state index contributed by atoms with van der Waals surface area (Å²) in [5, 5.41) is 17.0. The van der Waals surface area contributed by atoms with Gasteiger partial charge in [-0.25, -0.2) is 13.6 Å². The second-order valence-corrected chi connectivity index (χ2v) is 7.63. The van der Waals surface area contributed by atoms with E-state index in [2.05, 4.69) is 21.2 Å². The summed E-state index contributed by atoms with van der Waals surface area (Å²) < 4.78 is 23.2. The highest BCUT2D eigenvalue weighted by molar-refractivity contribution is 9.10. The lowest BCUT2D eigenvalue weighted by Gasteiger charge is -2.08. The Labute approximate surface area is 148 Å².